The van der Waals surface area contributed by atoms with Crippen molar-refractivity contribution >= 4 is 21.6 Å². The summed E-state index contributed by atoms with van der Waals surface area (Å²) in [5.74, 6) is 0.877. The van der Waals surface area contributed by atoms with Crippen LogP contribution in [0, 0.1) is 0 Å². The summed E-state index contributed by atoms with van der Waals surface area (Å²) in [5, 5.41) is 0.879. The van der Waals surface area contributed by atoms with Crippen LogP contribution in [0.1, 0.15) is 68.1 Å². The minimum Gasteiger partial charge on any atom is -0.310 e. The van der Waals surface area contributed by atoms with Gasteiger partial charge < -0.3 is 4.98 Å². The van der Waals surface area contributed by atoms with Crippen LogP contribution < -0.4 is 5.56 Å². The monoisotopic (exact) mass is 304 g/mol. The molecule has 1 aliphatic carbocycles. The molecular formula is C17H24N2OS. The molecule has 21 heavy (non-hydrogen) atoms. The highest BCUT2D eigenvalue weighted by atomic mass is 32.1. The van der Waals surface area contributed by atoms with E-state index >= 15 is 0 Å². The molecule has 0 unspecified atom stereocenters. The summed E-state index contributed by atoms with van der Waals surface area (Å²) in [5.41, 5.74) is 1.37. The molecule has 3 rings (SSSR count). The molecule has 3 nitrogen and oxygen atoms in total. The van der Waals surface area contributed by atoms with E-state index < -0.39 is 0 Å². The predicted octanol–water partition coefficient (Wildman–Crippen LogP) is 4.38. The number of thiophene rings is 1. The van der Waals surface area contributed by atoms with Crippen molar-refractivity contribution in [3.63, 3.8) is 0 Å². The topological polar surface area (TPSA) is 45.8 Å². The highest BCUT2D eigenvalue weighted by molar-refractivity contribution is 7.18. The number of H-pyrrole nitrogens is 1. The standard InChI is InChI=1S/C17H24N2OS/c1-2-3-4-5-6-11-14-18-16(20)15-12-9-7-8-10-13(12)21-17(15)19-14/h2-11H2,1H3,(H,18,19,20). The molecule has 0 radical (unpaired) electrons. The lowest BCUT2D eigenvalue weighted by Crippen LogP contribution is -2.13. The molecule has 1 aliphatic rings. The van der Waals surface area contributed by atoms with Gasteiger partial charge in [0, 0.05) is 11.3 Å². The van der Waals surface area contributed by atoms with E-state index in [1.807, 2.05) is 0 Å². The van der Waals surface area contributed by atoms with Gasteiger partial charge in [-0.05, 0) is 37.7 Å². The largest absolute Gasteiger partial charge is 0.310 e. The fraction of sp³-hybridized carbons (Fsp3) is 0.647. The van der Waals surface area contributed by atoms with Gasteiger partial charge in [0.1, 0.15) is 10.7 Å². The molecule has 2 aromatic rings. The number of hydrogen-bond donors (Lipinski definition) is 1. The van der Waals surface area contributed by atoms with Gasteiger partial charge in [0.05, 0.1) is 5.39 Å². The van der Waals surface area contributed by atoms with E-state index in [-0.39, 0.29) is 5.56 Å². The molecule has 0 atom stereocenters. The molecule has 2 heterocycles. The summed E-state index contributed by atoms with van der Waals surface area (Å²) in [6.07, 6.45) is 11.8. The van der Waals surface area contributed by atoms with Crippen LogP contribution in [0.2, 0.25) is 0 Å². The van der Waals surface area contributed by atoms with Crippen molar-refractivity contribution in [3.05, 3.63) is 26.6 Å². The van der Waals surface area contributed by atoms with Gasteiger partial charge in [0.15, 0.2) is 0 Å². The van der Waals surface area contributed by atoms with Gasteiger partial charge in [-0.2, -0.15) is 0 Å². The Hall–Kier alpha value is -1.16. The summed E-state index contributed by atoms with van der Waals surface area (Å²) in [6.45, 7) is 2.23. The smallest absolute Gasteiger partial charge is 0.259 e. The first-order valence-corrected chi connectivity index (χ1v) is 9.14. The number of rotatable bonds is 6. The summed E-state index contributed by atoms with van der Waals surface area (Å²) in [4.78, 5) is 22.5. The van der Waals surface area contributed by atoms with Gasteiger partial charge in [-0.25, -0.2) is 4.98 Å². The molecule has 0 amide bonds. The number of aromatic nitrogens is 2. The fourth-order valence-electron chi connectivity index (χ4n) is 3.22. The van der Waals surface area contributed by atoms with Crippen molar-refractivity contribution in [2.75, 3.05) is 0 Å². The fourth-order valence-corrected chi connectivity index (χ4v) is 4.50. The number of nitrogens with one attached hydrogen (secondary N) is 1. The molecule has 4 heteroatoms. The average Bonchev–Trinajstić information content (AvgIpc) is 2.85. The van der Waals surface area contributed by atoms with Gasteiger partial charge in [0.2, 0.25) is 0 Å². The van der Waals surface area contributed by atoms with E-state index in [1.165, 1.54) is 49.0 Å². The van der Waals surface area contributed by atoms with Crippen LogP contribution in [0.15, 0.2) is 4.79 Å². The van der Waals surface area contributed by atoms with E-state index in [9.17, 15) is 4.79 Å². The van der Waals surface area contributed by atoms with Crippen LogP contribution in [0.3, 0.4) is 0 Å². The number of aromatic amines is 1. The Labute approximate surface area is 129 Å². The molecule has 114 valence electrons. The van der Waals surface area contributed by atoms with Crippen LogP contribution in [-0.4, -0.2) is 9.97 Å². The Balaban J connectivity index is 1.78. The molecule has 0 saturated carbocycles. The van der Waals surface area contributed by atoms with Crippen molar-refractivity contribution in [2.24, 2.45) is 0 Å². The highest BCUT2D eigenvalue weighted by Gasteiger charge is 2.19. The van der Waals surface area contributed by atoms with E-state index in [2.05, 4.69) is 11.9 Å². The summed E-state index contributed by atoms with van der Waals surface area (Å²) in [7, 11) is 0. The number of aryl methyl sites for hydroxylation is 3. The maximum absolute atomic E-state index is 12.4. The van der Waals surface area contributed by atoms with Crippen molar-refractivity contribution in [2.45, 2.75) is 71.1 Å². The second-order valence-corrected chi connectivity index (χ2v) is 7.15. The van der Waals surface area contributed by atoms with Gasteiger partial charge in [0.25, 0.3) is 5.56 Å². The molecule has 0 aliphatic heterocycles. The van der Waals surface area contributed by atoms with Crippen LogP contribution in [-0.2, 0) is 19.3 Å². The SMILES string of the molecule is CCCCCCCc1nc2sc3c(c2c(=O)[nH]1)CCCC3. The van der Waals surface area contributed by atoms with E-state index in [0.717, 1.165) is 41.7 Å². The number of nitrogens with zero attached hydrogens (tertiary/aromatic N) is 1. The van der Waals surface area contributed by atoms with Crippen LogP contribution in [0.25, 0.3) is 10.2 Å². The van der Waals surface area contributed by atoms with Crippen molar-refractivity contribution in [3.8, 4) is 0 Å². The summed E-state index contributed by atoms with van der Waals surface area (Å²) in [6, 6.07) is 0. The second kappa shape index (κ2) is 6.73. The minimum atomic E-state index is 0.0861. The first-order valence-electron chi connectivity index (χ1n) is 8.33. The molecule has 0 spiro atoms. The van der Waals surface area contributed by atoms with Crippen LogP contribution in [0.5, 0.6) is 0 Å². The minimum absolute atomic E-state index is 0.0861. The third-order valence-electron chi connectivity index (χ3n) is 4.39. The number of hydrogen-bond acceptors (Lipinski definition) is 3. The van der Waals surface area contributed by atoms with E-state index in [1.54, 1.807) is 11.3 Å². The Kier molecular flexibility index (Phi) is 4.73. The Morgan fingerprint density at radius 2 is 1.95 bits per heavy atom. The zero-order chi connectivity index (χ0) is 14.7. The van der Waals surface area contributed by atoms with Crippen molar-refractivity contribution in [1.82, 2.24) is 9.97 Å². The number of fused-ring (bicyclic) bond motifs is 3. The molecule has 0 saturated heterocycles. The highest BCUT2D eigenvalue weighted by Crippen LogP contribution is 2.33. The second-order valence-electron chi connectivity index (χ2n) is 6.07. The third kappa shape index (κ3) is 3.20. The third-order valence-corrected chi connectivity index (χ3v) is 5.58. The maximum atomic E-state index is 12.4. The van der Waals surface area contributed by atoms with E-state index in [4.69, 9.17) is 4.98 Å². The van der Waals surface area contributed by atoms with E-state index in [0.29, 0.717) is 0 Å². The Morgan fingerprint density at radius 1 is 1.14 bits per heavy atom. The first-order chi connectivity index (χ1) is 10.3. The van der Waals surface area contributed by atoms with Crippen LogP contribution in [0.4, 0.5) is 0 Å². The molecule has 0 fully saturated rings. The maximum Gasteiger partial charge on any atom is 0.259 e. The Bertz CT molecular complexity index is 671. The lowest BCUT2D eigenvalue weighted by Gasteiger charge is -2.09. The normalized spacial score (nSPS) is 14.5. The van der Waals surface area contributed by atoms with Crippen molar-refractivity contribution < 1.29 is 0 Å². The van der Waals surface area contributed by atoms with Gasteiger partial charge in [-0.3, -0.25) is 4.79 Å². The zero-order valence-corrected chi connectivity index (χ0v) is 13.7. The summed E-state index contributed by atoms with van der Waals surface area (Å²) < 4.78 is 0. The average molecular weight is 304 g/mol. The van der Waals surface area contributed by atoms with Gasteiger partial charge in [-0.15, -0.1) is 11.3 Å². The summed E-state index contributed by atoms with van der Waals surface area (Å²) >= 11 is 1.74. The molecule has 2 aromatic heterocycles. The van der Waals surface area contributed by atoms with Crippen molar-refractivity contribution in [1.29, 1.82) is 0 Å². The molecule has 0 aromatic carbocycles. The lowest BCUT2D eigenvalue weighted by atomic mass is 9.97. The van der Waals surface area contributed by atoms with Gasteiger partial charge >= 0.3 is 0 Å². The molecule has 0 bridgehead atoms. The first kappa shape index (κ1) is 14.8. The zero-order valence-electron chi connectivity index (χ0n) is 12.8. The molecular weight excluding hydrogens is 280 g/mol. The van der Waals surface area contributed by atoms with Gasteiger partial charge in [-0.1, -0.05) is 32.6 Å². The quantitative estimate of drug-likeness (QED) is 0.805. The van der Waals surface area contributed by atoms with Crippen LogP contribution >= 0.6 is 11.3 Å². The lowest BCUT2D eigenvalue weighted by molar-refractivity contribution is 0.623. The number of unbranched alkanes of at least 4 members (excludes halogenated alkanes) is 4. The Morgan fingerprint density at radius 3 is 2.81 bits per heavy atom. The predicted molar refractivity (Wildman–Crippen MR) is 89.3 cm³/mol. The molecule has 1 N–H and O–H groups in total.